The van der Waals surface area contributed by atoms with Crippen LogP contribution in [0.4, 0.5) is 13.2 Å². The maximum Gasteiger partial charge on any atom is 0.416 e. The molecule has 1 aromatic carbocycles. The maximum atomic E-state index is 13.4. The number of amides is 1. The smallest absolute Gasteiger partial charge is 0.416 e. The molecular weight excluding hydrogens is 437 g/mol. The van der Waals surface area contributed by atoms with Gasteiger partial charge in [0.25, 0.3) is 0 Å². The van der Waals surface area contributed by atoms with Gasteiger partial charge in [-0.05, 0) is 41.8 Å². The van der Waals surface area contributed by atoms with Crippen LogP contribution in [0.1, 0.15) is 35.0 Å². The van der Waals surface area contributed by atoms with Gasteiger partial charge in [0.05, 0.1) is 36.1 Å². The first-order valence-electron chi connectivity index (χ1n) is 9.92. The van der Waals surface area contributed by atoms with Crippen molar-refractivity contribution < 1.29 is 27.9 Å². The average Bonchev–Trinajstić information content (AvgIpc) is 2.73. The third kappa shape index (κ3) is 6.34. The van der Waals surface area contributed by atoms with Crippen molar-refractivity contribution in [1.82, 2.24) is 19.9 Å². The second-order valence-corrected chi connectivity index (χ2v) is 7.55. The minimum Gasteiger partial charge on any atom is -0.481 e. The lowest BCUT2D eigenvalue weighted by atomic mass is 9.96. The number of nitrogens with zero attached hydrogens (tertiary/aromatic N) is 4. The van der Waals surface area contributed by atoms with E-state index in [0.29, 0.717) is 28.1 Å². The maximum absolute atomic E-state index is 13.4. The lowest BCUT2D eigenvalue weighted by Crippen LogP contribution is -2.28. The molecule has 7 nitrogen and oxygen atoms in total. The summed E-state index contributed by atoms with van der Waals surface area (Å²) in [5, 5.41) is 9.04. The van der Waals surface area contributed by atoms with Crippen LogP contribution < -0.4 is 0 Å². The molecule has 0 saturated carbocycles. The van der Waals surface area contributed by atoms with Crippen molar-refractivity contribution in [3.8, 4) is 11.1 Å². The number of alkyl halides is 3. The fraction of sp³-hybridized carbons (Fsp3) is 0.261. The molecule has 1 amide bonds. The number of carbonyl (C=O) groups is 2. The van der Waals surface area contributed by atoms with Crippen molar-refractivity contribution in [3.63, 3.8) is 0 Å². The van der Waals surface area contributed by atoms with E-state index >= 15 is 0 Å². The highest BCUT2D eigenvalue weighted by Gasteiger charge is 2.31. The first-order chi connectivity index (χ1) is 15.5. The van der Waals surface area contributed by atoms with E-state index in [4.69, 9.17) is 5.11 Å². The first kappa shape index (κ1) is 23.8. The van der Waals surface area contributed by atoms with E-state index in [2.05, 4.69) is 15.0 Å². The van der Waals surface area contributed by atoms with Crippen molar-refractivity contribution >= 4 is 11.9 Å². The molecule has 33 heavy (non-hydrogen) atoms. The molecule has 0 aliphatic carbocycles. The largest absolute Gasteiger partial charge is 0.481 e. The zero-order valence-electron chi connectivity index (χ0n) is 17.9. The summed E-state index contributed by atoms with van der Waals surface area (Å²) in [5.74, 6) is -1.40. The van der Waals surface area contributed by atoms with E-state index in [1.807, 2.05) is 0 Å². The highest BCUT2D eigenvalue weighted by Crippen LogP contribution is 2.34. The van der Waals surface area contributed by atoms with Crippen molar-refractivity contribution in [3.05, 3.63) is 77.1 Å². The van der Waals surface area contributed by atoms with Gasteiger partial charge in [-0.25, -0.2) is 0 Å². The Labute approximate surface area is 187 Å². The number of aromatic nitrogens is 3. The van der Waals surface area contributed by atoms with Gasteiger partial charge in [0.1, 0.15) is 0 Å². The second kappa shape index (κ2) is 9.76. The van der Waals surface area contributed by atoms with Gasteiger partial charge in [-0.15, -0.1) is 0 Å². The van der Waals surface area contributed by atoms with Gasteiger partial charge in [0.2, 0.25) is 5.91 Å². The average molecular weight is 458 g/mol. The number of benzene rings is 1. The minimum atomic E-state index is -4.57. The van der Waals surface area contributed by atoms with Crippen molar-refractivity contribution in [1.29, 1.82) is 0 Å². The zero-order chi connectivity index (χ0) is 24.2. The zero-order valence-corrected chi connectivity index (χ0v) is 17.9. The van der Waals surface area contributed by atoms with E-state index in [9.17, 15) is 22.8 Å². The molecule has 0 aliphatic rings. The molecule has 0 spiro atoms. The highest BCUT2D eigenvalue weighted by molar-refractivity contribution is 5.75. The van der Waals surface area contributed by atoms with Gasteiger partial charge in [-0.3, -0.25) is 24.5 Å². The Balaban J connectivity index is 2.02. The van der Waals surface area contributed by atoms with Gasteiger partial charge in [0, 0.05) is 37.6 Å². The van der Waals surface area contributed by atoms with Gasteiger partial charge in [-0.1, -0.05) is 6.07 Å². The molecular formula is C23H21F3N4O3. The summed E-state index contributed by atoms with van der Waals surface area (Å²) in [7, 11) is 0. The number of pyridine rings is 1. The Bertz CT molecular complexity index is 1160. The first-order valence-corrected chi connectivity index (χ1v) is 9.92. The number of carboxylic acid groups (broad SMARTS) is 1. The number of halogens is 3. The number of hydrogen-bond acceptors (Lipinski definition) is 5. The van der Waals surface area contributed by atoms with Crippen LogP contribution in [-0.4, -0.2) is 36.8 Å². The molecule has 0 radical (unpaired) electrons. The molecule has 3 aromatic rings. The molecule has 0 atom stereocenters. The minimum absolute atomic E-state index is 0.0651. The van der Waals surface area contributed by atoms with Gasteiger partial charge in [-0.2, -0.15) is 13.2 Å². The van der Waals surface area contributed by atoms with Crippen molar-refractivity contribution in [2.45, 2.75) is 39.5 Å². The summed E-state index contributed by atoms with van der Waals surface area (Å²) in [5.41, 5.74) is 1.87. The lowest BCUT2D eigenvalue weighted by molar-refractivity contribution is -0.138. The Morgan fingerprint density at radius 2 is 1.79 bits per heavy atom. The summed E-state index contributed by atoms with van der Waals surface area (Å²) in [6, 6.07) is 4.82. The lowest BCUT2D eigenvalue weighted by Gasteiger charge is -2.23. The number of aryl methyl sites for hydroxylation is 1. The predicted octanol–water partition coefficient (Wildman–Crippen LogP) is 4.04. The van der Waals surface area contributed by atoms with Crippen LogP contribution >= 0.6 is 0 Å². The van der Waals surface area contributed by atoms with E-state index in [1.54, 1.807) is 19.2 Å². The third-order valence-electron chi connectivity index (χ3n) is 4.89. The third-order valence-corrected chi connectivity index (χ3v) is 4.89. The molecule has 2 heterocycles. The van der Waals surface area contributed by atoms with Gasteiger partial charge in [0.15, 0.2) is 0 Å². The van der Waals surface area contributed by atoms with E-state index in [0.717, 1.165) is 12.1 Å². The molecule has 0 fully saturated rings. The molecule has 1 N–H and O–H groups in total. The number of rotatable bonds is 7. The van der Waals surface area contributed by atoms with Gasteiger partial charge >= 0.3 is 12.1 Å². The summed E-state index contributed by atoms with van der Waals surface area (Å²) in [6.07, 6.45) is 1.05. The molecule has 172 valence electrons. The number of aliphatic carboxylic acids is 1. The molecule has 3 rings (SSSR count). The quantitative estimate of drug-likeness (QED) is 0.574. The Kier molecular flexibility index (Phi) is 7.05. The van der Waals surface area contributed by atoms with Crippen molar-refractivity contribution in [2.24, 2.45) is 0 Å². The SMILES string of the molecule is CC(=O)N(Cc1cnc(C)cn1)Cc1cc(C(F)(F)F)ccc1-c1cncc(CC(=O)O)c1. The van der Waals surface area contributed by atoms with Crippen molar-refractivity contribution in [2.75, 3.05) is 0 Å². The normalized spacial score (nSPS) is 11.3. The Morgan fingerprint density at radius 3 is 2.39 bits per heavy atom. The highest BCUT2D eigenvalue weighted by atomic mass is 19.4. The van der Waals surface area contributed by atoms with Crippen LogP contribution in [0.5, 0.6) is 0 Å². The summed E-state index contributed by atoms with van der Waals surface area (Å²) in [4.78, 5) is 37.1. The second-order valence-electron chi connectivity index (χ2n) is 7.55. The number of carbonyl (C=O) groups excluding carboxylic acids is 1. The van der Waals surface area contributed by atoms with Crippen LogP contribution in [0.25, 0.3) is 11.1 Å². The molecule has 0 saturated heterocycles. The Hall–Kier alpha value is -3.82. The predicted molar refractivity (Wildman–Crippen MR) is 113 cm³/mol. The fourth-order valence-electron chi connectivity index (χ4n) is 3.27. The van der Waals surface area contributed by atoms with Crippen LogP contribution in [0, 0.1) is 6.92 Å². The van der Waals surface area contributed by atoms with Crippen LogP contribution in [0.15, 0.2) is 49.1 Å². The summed E-state index contributed by atoms with van der Waals surface area (Å²) >= 11 is 0. The molecule has 2 aromatic heterocycles. The molecule has 0 aliphatic heterocycles. The molecule has 10 heteroatoms. The fourth-order valence-corrected chi connectivity index (χ4v) is 3.27. The molecule has 0 bridgehead atoms. The number of carboxylic acids is 1. The standard InChI is InChI=1S/C23H21F3N4O3/c1-14-8-29-20(11-28-14)13-30(15(2)31)12-18-7-19(23(24,25)26)3-4-21(18)17-5-16(6-22(32)33)9-27-10-17/h3-5,7-11H,6,12-13H2,1-2H3,(H,32,33). The summed E-state index contributed by atoms with van der Waals surface area (Å²) in [6.45, 7) is 3.04. The van der Waals surface area contributed by atoms with Crippen LogP contribution in [0.3, 0.4) is 0 Å². The molecule has 0 unspecified atom stereocenters. The van der Waals surface area contributed by atoms with Crippen LogP contribution in [-0.2, 0) is 35.3 Å². The topological polar surface area (TPSA) is 96.3 Å². The van der Waals surface area contributed by atoms with E-state index < -0.39 is 17.7 Å². The van der Waals surface area contributed by atoms with Gasteiger partial charge < -0.3 is 10.0 Å². The monoisotopic (exact) mass is 458 g/mol. The Morgan fingerprint density at radius 1 is 1.03 bits per heavy atom. The number of hydrogen-bond donors (Lipinski definition) is 1. The van der Waals surface area contributed by atoms with Crippen LogP contribution in [0.2, 0.25) is 0 Å². The summed E-state index contributed by atoms with van der Waals surface area (Å²) < 4.78 is 40.2. The van der Waals surface area contributed by atoms with E-state index in [1.165, 1.54) is 36.5 Å². The van der Waals surface area contributed by atoms with E-state index in [-0.39, 0.29) is 31.0 Å².